The summed E-state index contributed by atoms with van der Waals surface area (Å²) in [7, 11) is 1.71. The van der Waals surface area contributed by atoms with Crippen LogP contribution >= 0.6 is 11.6 Å². The van der Waals surface area contributed by atoms with Gasteiger partial charge in [0.2, 0.25) is 5.89 Å². The highest BCUT2D eigenvalue weighted by atomic mass is 35.5. The maximum atomic E-state index is 12.4. The van der Waals surface area contributed by atoms with Crippen molar-refractivity contribution in [1.29, 1.82) is 0 Å². The number of carbonyl (C=O) groups excluding carboxylic acids is 1. The number of para-hydroxylation sites is 1. The van der Waals surface area contributed by atoms with Gasteiger partial charge in [-0.15, -0.1) is 0 Å². The first-order valence-electron chi connectivity index (χ1n) is 10.2. The summed E-state index contributed by atoms with van der Waals surface area (Å²) in [5, 5.41) is 3.41. The second kappa shape index (κ2) is 9.96. The smallest absolute Gasteiger partial charge is 0.277 e. The fourth-order valence-electron chi connectivity index (χ4n) is 3.59. The zero-order chi connectivity index (χ0) is 21.6. The standard InChI is InChI=1S/C23H25ClN4O3/c1-30-21-5-3-2-4-17(21)14-27-10-12-28(13-11-27)15-22-26-20(16-31-22)23(29)25-19-8-6-18(24)7-9-19/h2-9,16H,10-15H2,1H3,(H,25,29). The van der Waals surface area contributed by atoms with E-state index in [4.69, 9.17) is 20.8 Å². The van der Waals surface area contributed by atoms with Gasteiger partial charge in [-0.25, -0.2) is 4.98 Å². The number of halogens is 1. The van der Waals surface area contributed by atoms with E-state index in [1.54, 1.807) is 31.4 Å². The number of methoxy groups -OCH3 is 1. The van der Waals surface area contributed by atoms with Crippen molar-refractivity contribution in [3.8, 4) is 5.75 Å². The maximum absolute atomic E-state index is 12.4. The average Bonchev–Trinajstić information content (AvgIpc) is 3.26. The molecule has 3 aromatic rings. The average molecular weight is 441 g/mol. The molecule has 4 rings (SSSR count). The third kappa shape index (κ3) is 5.64. The van der Waals surface area contributed by atoms with Gasteiger partial charge >= 0.3 is 0 Å². The summed E-state index contributed by atoms with van der Waals surface area (Å²) < 4.78 is 11.0. The molecule has 0 spiro atoms. The molecule has 0 radical (unpaired) electrons. The Labute approximate surface area is 186 Å². The molecule has 1 fully saturated rings. The lowest BCUT2D eigenvalue weighted by molar-refractivity contribution is 0.102. The minimum Gasteiger partial charge on any atom is -0.496 e. The number of benzene rings is 2. The van der Waals surface area contributed by atoms with E-state index in [-0.39, 0.29) is 11.6 Å². The predicted molar refractivity (Wildman–Crippen MR) is 119 cm³/mol. The first kappa shape index (κ1) is 21.4. The number of nitrogens with one attached hydrogen (secondary N) is 1. The molecule has 7 nitrogen and oxygen atoms in total. The number of rotatable bonds is 7. The Bertz CT molecular complexity index is 1010. The van der Waals surface area contributed by atoms with Crippen molar-refractivity contribution < 1.29 is 13.9 Å². The van der Waals surface area contributed by atoms with Crippen LogP contribution in [0.1, 0.15) is 21.9 Å². The lowest BCUT2D eigenvalue weighted by atomic mass is 10.1. The van der Waals surface area contributed by atoms with Gasteiger partial charge in [0.15, 0.2) is 5.69 Å². The van der Waals surface area contributed by atoms with Crippen LogP contribution in [-0.4, -0.2) is 54.0 Å². The molecule has 31 heavy (non-hydrogen) atoms. The first-order valence-corrected chi connectivity index (χ1v) is 10.6. The van der Waals surface area contributed by atoms with Crippen molar-refractivity contribution in [2.45, 2.75) is 13.1 Å². The van der Waals surface area contributed by atoms with Gasteiger partial charge < -0.3 is 14.5 Å². The second-order valence-electron chi connectivity index (χ2n) is 7.45. The summed E-state index contributed by atoms with van der Waals surface area (Å²) in [6, 6.07) is 15.1. The van der Waals surface area contributed by atoms with Crippen molar-refractivity contribution in [3.05, 3.63) is 77.0 Å². The molecule has 2 heterocycles. The van der Waals surface area contributed by atoms with Crippen molar-refractivity contribution >= 4 is 23.2 Å². The molecule has 0 saturated carbocycles. The molecule has 1 aliphatic heterocycles. The fourth-order valence-corrected chi connectivity index (χ4v) is 3.71. The van der Waals surface area contributed by atoms with E-state index >= 15 is 0 Å². The minimum atomic E-state index is -0.307. The molecule has 2 aromatic carbocycles. The van der Waals surface area contributed by atoms with Crippen LogP contribution in [0.15, 0.2) is 59.2 Å². The van der Waals surface area contributed by atoms with Crippen LogP contribution in [0.25, 0.3) is 0 Å². The number of amides is 1. The van der Waals surface area contributed by atoms with Crippen LogP contribution in [0.3, 0.4) is 0 Å². The van der Waals surface area contributed by atoms with Gasteiger partial charge in [-0.2, -0.15) is 0 Å². The SMILES string of the molecule is COc1ccccc1CN1CCN(Cc2nc(C(=O)Nc3ccc(Cl)cc3)co2)CC1. The Hall–Kier alpha value is -2.87. The zero-order valence-corrected chi connectivity index (χ0v) is 18.1. The third-order valence-corrected chi connectivity index (χ3v) is 5.55. The number of ether oxygens (including phenoxy) is 1. The summed E-state index contributed by atoms with van der Waals surface area (Å²) >= 11 is 5.87. The van der Waals surface area contributed by atoms with Crippen molar-refractivity contribution in [2.24, 2.45) is 0 Å². The van der Waals surface area contributed by atoms with Crippen molar-refractivity contribution in [1.82, 2.24) is 14.8 Å². The van der Waals surface area contributed by atoms with Crippen molar-refractivity contribution in [2.75, 3.05) is 38.6 Å². The van der Waals surface area contributed by atoms with Gasteiger partial charge in [0.05, 0.1) is 13.7 Å². The van der Waals surface area contributed by atoms with Crippen molar-refractivity contribution in [3.63, 3.8) is 0 Å². The molecule has 8 heteroatoms. The number of hydrogen-bond donors (Lipinski definition) is 1. The lowest BCUT2D eigenvalue weighted by Crippen LogP contribution is -2.45. The van der Waals surface area contributed by atoms with E-state index in [0.29, 0.717) is 23.1 Å². The fraction of sp³-hybridized carbons (Fsp3) is 0.304. The second-order valence-corrected chi connectivity index (χ2v) is 7.89. The van der Waals surface area contributed by atoms with Crippen LogP contribution in [0, 0.1) is 0 Å². The van der Waals surface area contributed by atoms with E-state index in [9.17, 15) is 4.79 Å². The molecule has 1 aromatic heterocycles. The number of anilines is 1. The van der Waals surface area contributed by atoms with Gasteiger partial charge in [-0.3, -0.25) is 14.6 Å². The molecule has 0 aliphatic carbocycles. The number of aromatic nitrogens is 1. The molecule has 1 amide bonds. The van der Waals surface area contributed by atoms with Crippen LogP contribution in [0.2, 0.25) is 5.02 Å². The number of nitrogens with zero attached hydrogens (tertiary/aromatic N) is 3. The number of oxazole rings is 1. The Morgan fingerprint density at radius 2 is 1.74 bits per heavy atom. The van der Waals surface area contributed by atoms with Crippen LogP contribution in [0.4, 0.5) is 5.69 Å². The van der Waals surface area contributed by atoms with Gasteiger partial charge in [-0.05, 0) is 30.3 Å². The highest BCUT2D eigenvalue weighted by molar-refractivity contribution is 6.30. The molecule has 1 aliphatic rings. The quantitative estimate of drug-likeness (QED) is 0.600. The molecule has 0 bridgehead atoms. The summed E-state index contributed by atoms with van der Waals surface area (Å²) in [6.07, 6.45) is 1.40. The third-order valence-electron chi connectivity index (χ3n) is 5.30. The lowest BCUT2D eigenvalue weighted by Gasteiger charge is -2.34. The van der Waals surface area contributed by atoms with Gasteiger partial charge in [-0.1, -0.05) is 29.8 Å². The first-order chi connectivity index (χ1) is 15.1. The Balaban J connectivity index is 1.27. The topological polar surface area (TPSA) is 70.8 Å². The molecule has 0 atom stereocenters. The molecule has 162 valence electrons. The number of hydrogen-bond acceptors (Lipinski definition) is 6. The van der Waals surface area contributed by atoms with Crippen LogP contribution < -0.4 is 10.1 Å². The number of piperazine rings is 1. The molecular formula is C23H25ClN4O3. The highest BCUT2D eigenvalue weighted by Crippen LogP contribution is 2.20. The van der Waals surface area contributed by atoms with Crippen LogP contribution in [0.5, 0.6) is 5.75 Å². The van der Waals surface area contributed by atoms with E-state index in [0.717, 1.165) is 38.5 Å². The molecular weight excluding hydrogens is 416 g/mol. The van der Waals surface area contributed by atoms with E-state index in [2.05, 4.69) is 26.2 Å². The van der Waals surface area contributed by atoms with Gasteiger partial charge in [0, 0.05) is 49.0 Å². The highest BCUT2D eigenvalue weighted by Gasteiger charge is 2.20. The monoisotopic (exact) mass is 440 g/mol. The minimum absolute atomic E-state index is 0.264. The van der Waals surface area contributed by atoms with E-state index in [1.807, 2.05) is 18.2 Å². The predicted octanol–water partition coefficient (Wildman–Crippen LogP) is 3.91. The molecule has 1 N–H and O–H groups in total. The summed E-state index contributed by atoms with van der Waals surface area (Å²) in [5.74, 6) is 1.16. The maximum Gasteiger partial charge on any atom is 0.277 e. The largest absolute Gasteiger partial charge is 0.496 e. The Morgan fingerprint density at radius 1 is 1.06 bits per heavy atom. The van der Waals surface area contributed by atoms with Gasteiger partial charge in [0.25, 0.3) is 5.91 Å². The van der Waals surface area contributed by atoms with E-state index in [1.165, 1.54) is 11.8 Å². The van der Waals surface area contributed by atoms with Gasteiger partial charge in [0.1, 0.15) is 12.0 Å². The van der Waals surface area contributed by atoms with E-state index < -0.39 is 0 Å². The zero-order valence-electron chi connectivity index (χ0n) is 17.4. The normalized spacial score (nSPS) is 15.0. The summed E-state index contributed by atoms with van der Waals surface area (Å²) in [4.78, 5) is 21.4. The summed E-state index contributed by atoms with van der Waals surface area (Å²) in [5.41, 5.74) is 2.12. The summed E-state index contributed by atoms with van der Waals surface area (Å²) in [6.45, 7) is 5.15. The molecule has 1 saturated heterocycles. The Kier molecular flexibility index (Phi) is 6.86. The number of carbonyl (C=O) groups is 1. The van der Waals surface area contributed by atoms with Crippen LogP contribution in [-0.2, 0) is 13.1 Å². The Morgan fingerprint density at radius 3 is 2.45 bits per heavy atom. The molecule has 0 unspecified atom stereocenters.